The first kappa shape index (κ1) is 14.9. The number of nitrogens with one attached hydrogen (secondary N) is 1. The maximum Gasteiger partial charge on any atom is 0.251 e. The van der Waals surface area contributed by atoms with E-state index in [9.17, 15) is 4.79 Å². The fourth-order valence-corrected chi connectivity index (χ4v) is 2.66. The maximum absolute atomic E-state index is 12.1. The molecule has 2 rings (SSSR count). The van der Waals surface area contributed by atoms with Crippen LogP contribution in [0.5, 0.6) is 0 Å². The first-order valence-electron chi connectivity index (χ1n) is 6.97. The molecule has 3 heteroatoms. The monoisotopic (exact) mass is 289 g/mol. The second kappa shape index (κ2) is 6.76. The fourth-order valence-electron chi connectivity index (χ4n) is 2.23. The number of carbonyl (C=O) groups is 1. The standard InChI is InChI=1S/C17H20ClNO/c1-12(2)9-16(18)11-19-17(20)15-8-7-13-5-3-4-6-14(13)10-15/h3-8,10,12,16H,9,11H2,1-2H3,(H,19,20). The molecule has 0 aliphatic rings. The van der Waals surface area contributed by atoms with Gasteiger partial charge in [-0.05, 0) is 35.2 Å². The topological polar surface area (TPSA) is 29.1 Å². The van der Waals surface area contributed by atoms with E-state index in [1.165, 1.54) is 0 Å². The Kier molecular flexibility index (Phi) is 5.02. The molecule has 0 spiro atoms. The van der Waals surface area contributed by atoms with Crippen molar-refractivity contribution in [1.29, 1.82) is 0 Å². The molecule has 0 heterocycles. The molecular weight excluding hydrogens is 270 g/mol. The lowest BCUT2D eigenvalue weighted by atomic mass is 10.1. The van der Waals surface area contributed by atoms with Crippen LogP contribution in [0.25, 0.3) is 10.8 Å². The van der Waals surface area contributed by atoms with Crippen LogP contribution in [0, 0.1) is 5.92 Å². The van der Waals surface area contributed by atoms with Gasteiger partial charge in [-0.25, -0.2) is 0 Å². The van der Waals surface area contributed by atoms with Crippen molar-refractivity contribution in [1.82, 2.24) is 5.32 Å². The molecule has 1 N–H and O–H groups in total. The maximum atomic E-state index is 12.1. The summed E-state index contributed by atoms with van der Waals surface area (Å²) < 4.78 is 0. The summed E-state index contributed by atoms with van der Waals surface area (Å²) in [6, 6.07) is 13.7. The highest BCUT2D eigenvalue weighted by molar-refractivity contribution is 6.21. The summed E-state index contributed by atoms with van der Waals surface area (Å²) in [7, 11) is 0. The van der Waals surface area contributed by atoms with Gasteiger partial charge in [-0.3, -0.25) is 4.79 Å². The molecule has 0 saturated heterocycles. The molecule has 0 saturated carbocycles. The molecule has 0 aliphatic carbocycles. The summed E-state index contributed by atoms with van der Waals surface area (Å²) in [6.45, 7) is 4.76. The number of fused-ring (bicyclic) bond motifs is 1. The van der Waals surface area contributed by atoms with Gasteiger partial charge < -0.3 is 5.32 Å². The minimum atomic E-state index is -0.0647. The van der Waals surface area contributed by atoms with Gasteiger partial charge in [-0.1, -0.05) is 44.2 Å². The number of benzene rings is 2. The highest BCUT2D eigenvalue weighted by Crippen LogP contribution is 2.16. The lowest BCUT2D eigenvalue weighted by Crippen LogP contribution is -2.30. The van der Waals surface area contributed by atoms with Crippen molar-refractivity contribution in [3.8, 4) is 0 Å². The largest absolute Gasteiger partial charge is 0.351 e. The predicted octanol–water partition coefficient (Wildman–Crippen LogP) is 4.22. The van der Waals surface area contributed by atoms with Gasteiger partial charge in [0.15, 0.2) is 0 Å². The Balaban J connectivity index is 2.00. The van der Waals surface area contributed by atoms with Crippen molar-refractivity contribution in [3.05, 3.63) is 48.0 Å². The molecular formula is C17H20ClNO. The first-order chi connectivity index (χ1) is 9.56. The minimum Gasteiger partial charge on any atom is -0.351 e. The van der Waals surface area contributed by atoms with Gasteiger partial charge in [0.25, 0.3) is 5.91 Å². The van der Waals surface area contributed by atoms with Crippen LogP contribution in [0.3, 0.4) is 0 Å². The van der Waals surface area contributed by atoms with E-state index in [-0.39, 0.29) is 11.3 Å². The summed E-state index contributed by atoms with van der Waals surface area (Å²) in [5.74, 6) is 0.472. The van der Waals surface area contributed by atoms with Gasteiger partial charge >= 0.3 is 0 Å². The molecule has 0 radical (unpaired) electrons. The molecule has 20 heavy (non-hydrogen) atoms. The lowest BCUT2D eigenvalue weighted by molar-refractivity contribution is 0.0953. The fraction of sp³-hybridized carbons (Fsp3) is 0.353. The van der Waals surface area contributed by atoms with Gasteiger partial charge in [0.1, 0.15) is 0 Å². The van der Waals surface area contributed by atoms with E-state index >= 15 is 0 Å². The van der Waals surface area contributed by atoms with E-state index in [0.29, 0.717) is 18.0 Å². The molecule has 0 aliphatic heterocycles. The Morgan fingerprint density at radius 2 is 1.85 bits per heavy atom. The van der Waals surface area contributed by atoms with E-state index in [1.54, 1.807) is 0 Å². The molecule has 1 unspecified atom stereocenters. The third-order valence-corrected chi connectivity index (χ3v) is 3.56. The minimum absolute atomic E-state index is 0.0144. The van der Waals surface area contributed by atoms with Crippen LogP contribution in [0.1, 0.15) is 30.6 Å². The molecule has 0 aromatic heterocycles. The normalized spacial score (nSPS) is 12.6. The molecule has 0 bridgehead atoms. The van der Waals surface area contributed by atoms with E-state index in [0.717, 1.165) is 17.2 Å². The summed E-state index contributed by atoms with van der Waals surface area (Å²) in [4.78, 5) is 12.1. The number of amides is 1. The first-order valence-corrected chi connectivity index (χ1v) is 7.41. The summed E-state index contributed by atoms with van der Waals surface area (Å²) >= 11 is 6.19. The van der Waals surface area contributed by atoms with Gasteiger partial charge in [-0.15, -0.1) is 11.6 Å². The van der Waals surface area contributed by atoms with E-state index in [4.69, 9.17) is 11.6 Å². The Morgan fingerprint density at radius 3 is 2.55 bits per heavy atom. The van der Waals surface area contributed by atoms with Crippen molar-refractivity contribution >= 4 is 28.3 Å². The van der Waals surface area contributed by atoms with Crippen molar-refractivity contribution in [2.24, 2.45) is 5.92 Å². The van der Waals surface area contributed by atoms with Crippen LogP contribution in [0.4, 0.5) is 0 Å². The van der Waals surface area contributed by atoms with Crippen molar-refractivity contribution in [2.75, 3.05) is 6.54 Å². The van der Waals surface area contributed by atoms with Crippen LogP contribution in [0.15, 0.2) is 42.5 Å². The number of rotatable bonds is 5. The average Bonchev–Trinajstić information content (AvgIpc) is 2.43. The van der Waals surface area contributed by atoms with Crippen LogP contribution in [-0.4, -0.2) is 17.8 Å². The van der Waals surface area contributed by atoms with Crippen molar-refractivity contribution in [2.45, 2.75) is 25.6 Å². The zero-order chi connectivity index (χ0) is 14.5. The SMILES string of the molecule is CC(C)CC(Cl)CNC(=O)c1ccc2ccccc2c1. The second-order valence-corrected chi connectivity index (χ2v) is 6.12. The lowest BCUT2D eigenvalue weighted by Gasteiger charge is -2.13. The molecule has 2 aromatic rings. The highest BCUT2D eigenvalue weighted by Gasteiger charge is 2.11. The summed E-state index contributed by atoms with van der Waals surface area (Å²) in [5, 5.41) is 5.10. The molecule has 0 fully saturated rings. The van der Waals surface area contributed by atoms with Crippen LogP contribution in [0.2, 0.25) is 0 Å². The Hall–Kier alpha value is -1.54. The van der Waals surface area contributed by atoms with Gasteiger partial charge in [-0.2, -0.15) is 0 Å². The second-order valence-electron chi connectivity index (χ2n) is 5.50. The van der Waals surface area contributed by atoms with Crippen LogP contribution in [-0.2, 0) is 0 Å². The Labute approximate surface area is 125 Å². The van der Waals surface area contributed by atoms with Gasteiger partial charge in [0.05, 0.1) is 5.38 Å². The van der Waals surface area contributed by atoms with E-state index in [1.807, 2.05) is 42.5 Å². The van der Waals surface area contributed by atoms with Gasteiger partial charge in [0, 0.05) is 12.1 Å². The Morgan fingerprint density at radius 1 is 1.15 bits per heavy atom. The van der Waals surface area contributed by atoms with Crippen LogP contribution < -0.4 is 5.32 Å². The number of carbonyl (C=O) groups excluding carboxylic acids is 1. The average molecular weight is 290 g/mol. The summed E-state index contributed by atoms with van der Waals surface area (Å²) in [5.41, 5.74) is 0.678. The zero-order valence-electron chi connectivity index (χ0n) is 11.9. The molecule has 1 amide bonds. The highest BCUT2D eigenvalue weighted by atomic mass is 35.5. The predicted molar refractivity (Wildman–Crippen MR) is 85.4 cm³/mol. The third kappa shape index (κ3) is 3.97. The summed E-state index contributed by atoms with van der Waals surface area (Å²) in [6.07, 6.45) is 0.902. The number of halogens is 1. The zero-order valence-corrected chi connectivity index (χ0v) is 12.7. The smallest absolute Gasteiger partial charge is 0.251 e. The van der Waals surface area contributed by atoms with E-state index < -0.39 is 0 Å². The van der Waals surface area contributed by atoms with E-state index in [2.05, 4.69) is 19.2 Å². The van der Waals surface area contributed by atoms with Crippen molar-refractivity contribution in [3.63, 3.8) is 0 Å². The number of hydrogen-bond donors (Lipinski definition) is 1. The molecule has 2 aromatic carbocycles. The molecule has 2 nitrogen and oxygen atoms in total. The molecule has 1 atom stereocenters. The number of alkyl halides is 1. The Bertz CT molecular complexity index is 594. The van der Waals surface area contributed by atoms with Crippen molar-refractivity contribution < 1.29 is 4.79 Å². The quantitative estimate of drug-likeness (QED) is 0.820. The molecule has 106 valence electrons. The third-order valence-electron chi connectivity index (χ3n) is 3.22. The number of hydrogen-bond acceptors (Lipinski definition) is 1. The van der Waals surface area contributed by atoms with Crippen LogP contribution >= 0.6 is 11.6 Å². The van der Waals surface area contributed by atoms with Gasteiger partial charge in [0.2, 0.25) is 0 Å².